The second-order valence-electron chi connectivity index (χ2n) is 3.08. The molecule has 0 unspecified atom stereocenters. The van der Waals surface area contributed by atoms with E-state index in [-0.39, 0.29) is 0 Å². The van der Waals surface area contributed by atoms with E-state index < -0.39 is 12.0 Å². The van der Waals surface area contributed by atoms with Crippen molar-refractivity contribution in [3.05, 3.63) is 30.1 Å². The smallest absolute Gasteiger partial charge is 0.320 e. The van der Waals surface area contributed by atoms with Crippen LogP contribution in [0.25, 0.3) is 0 Å². The van der Waals surface area contributed by atoms with E-state index in [1.165, 1.54) is 0 Å². The maximum atomic E-state index is 10.7. The van der Waals surface area contributed by atoms with Gasteiger partial charge < -0.3 is 10.4 Å². The van der Waals surface area contributed by atoms with E-state index in [1.54, 1.807) is 19.4 Å². The molecule has 1 atom stereocenters. The summed E-state index contributed by atoms with van der Waals surface area (Å²) in [6.45, 7) is 0. The molecular weight excluding hydrogens is 180 g/mol. The molecule has 0 saturated carbocycles. The first-order valence-electron chi connectivity index (χ1n) is 4.53. The molecule has 0 fully saturated rings. The summed E-state index contributed by atoms with van der Waals surface area (Å²) >= 11 is 0. The van der Waals surface area contributed by atoms with E-state index in [9.17, 15) is 4.79 Å². The third-order valence-corrected chi connectivity index (χ3v) is 2.09. The Balaban J connectivity index is 2.44. The number of aliphatic carboxylic acids is 1. The molecule has 1 aromatic heterocycles. The average Bonchev–Trinajstić information content (AvgIpc) is 2.20. The van der Waals surface area contributed by atoms with Gasteiger partial charge in [0.15, 0.2) is 0 Å². The third kappa shape index (κ3) is 3.14. The lowest BCUT2D eigenvalue weighted by Gasteiger charge is -2.10. The van der Waals surface area contributed by atoms with E-state index in [1.807, 2.05) is 12.1 Å². The largest absolute Gasteiger partial charge is 0.480 e. The Kier molecular flexibility index (Phi) is 4.07. The molecule has 4 nitrogen and oxygen atoms in total. The first kappa shape index (κ1) is 10.7. The summed E-state index contributed by atoms with van der Waals surface area (Å²) in [5, 5.41) is 11.5. The van der Waals surface area contributed by atoms with Gasteiger partial charge in [0.1, 0.15) is 6.04 Å². The summed E-state index contributed by atoms with van der Waals surface area (Å²) in [5.74, 6) is -0.809. The van der Waals surface area contributed by atoms with Crippen LogP contribution in [0.5, 0.6) is 0 Å². The molecule has 0 amide bonds. The number of hydrogen-bond donors (Lipinski definition) is 2. The molecule has 0 spiro atoms. The van der Waals surface area contributed by atoms with Crippen LogP contribution in [-0.4, -0.2) is 29.1 Å². The number of carboxylic acid groups (broad SMARTS) is 1. The fraction of sp³-hybridized carbons (Fsp3) is 0.400. The van der Waals surface area contributed by atoms with Crippen LogP contribution in [0.4, 0.5) is 0 Å². The van der Waals surface area contributed by atoms with E-state index >= 15 is 0 Å². The highest BCUT2D eigenvalue weighted by molar-refractivity contribution is 5.73. The zero-order valence-corrected chi connectivity index (χ0v) is 8.10. The van der Waals surface area contributed by atoms with Gasteiger partial charge in [-0.05, 0) is 31.5 Å². The summed E-state index contributed by atoms with van der Waals surface area (Å²) in [6.07, 6.45) is 4.77. The van der Waals surface area contributed by atoms with Crippen LogP contribution in [0, 0.1) is 0 Å². The Morgan fingerprint density at radius 1 is 1.71 bits per heavy atom. The van der Waals surface area contributed by atoms with Crippen molar-refractivity contribution in [1.29, 1.82) is 0 Å². The Morgan fingerprint density at radius 2 is 2.50 bits per heavy atom. The zero-order valence-electron chi connectivity index (χ0n) is 8.10. The fourth-order valence-corrected chi connectivity index (χ4v) is 1.25. The highest BCUT2D eigenvalue weighted by Crippen LogP contribution is 2.03. The van der Waals surface area contributed by atoms with Crippen molar-refractivity contribution in [3.63, 3.8) is 0 Å². The monoisotopic (exact) mass is 194 g/mol. The molecule has 76 valence electrons. The summed E-state index contributed by atoms with van der Waals surface area (Å²) in [6, 6.07) is 3.32. The van der Waals surface area contributed by atoms with Crippen molar-refractivity contribution >= 4 is 5.97 Å². The number of carboxylic acids is 1. The van der Waals surface area contributed by atoms with Crippen molar-refractivity contribution in [2.75, 3.05) is 7.05 Å². The van der Waals surface area contributed by atoms with Crippen LogP contribution in [0.15, 0.2) is 24.5 Å². The Hall–Kier alpha value is -1.42. The summed E-state index contributed by atoms with van der Waals surface area (Å²) < 4.78 is 0. The maximum Gasteiger partial charge on any atom is 0.320 e. The number of hydrogen-bond acceptors (Lipinski definition) is 3. The minimum absolute atomic E-state index is 0.477. The second kappa shape index (κ2) is 5.34. The molecule has 0 aliphatic heterocycles. The van der Waals surface area contributed by atoms with Gasteiger partial charge in [-0.3, -0.25) is 9.78 Å². The standard InChI is InChI=1S/C10H14N2O2/c1-11-9(10(13)14)5-4-8-3-2-6-12-7-8/h2-3,6-7,9,11H,4-5H2,1H3,(H,13,14)/t9-/m0/s1. The molecule has 0 aliphatic carbocycles. The molecule has 14 heavy (non-hydrogen) atoms. The SMILES string of the molecule is CN[C@@H](CCc1cccnc1)C(=O)O. The summed E-state index contributed by atoms with van der Waals surface area (Å²) in [7, 11) is 1.65. The summed E-state index contributed by atoms with van der Waals surface area (Å²) in [4.78, 5) is 14.6. The Bertz CT molecular complexity index is 287. The Labute approximate surface area is 83.0 Å². The highest BCUT2D eigenvalue weighted by Gasteiger charge is 2.13. The average molecular weight is 194 g/mol. The normalized spacial score (nSPS) is 12.4. The number of rotatable bonds is 5. The molecule has 0 saturated heterocycles. The number of pyridine rings is 1. The van der Waals surface area contributed by atoms with Crippen molar-refractivity contribution in [3.8, 4) is 0 Å². The second-order valence-corrected chi connectivity index (χ2v) is 3.08. The summed E-state index contributed by atoms with van der Waals surface area (Å²) in [5.41, 5.74) is 1.06. The highest BCUT2D eigenvalue weighted by atomic mass is 16.4. The quantitative estimate of drug-likeness (QED) is 0.723. The fourth-order valence-electron chi connectivity index (χ4n) is 1.25. The lowest BCUT2D eigenvalue weighted by atomic mass is 10.1. The number of aryl methyl sites for hydroxylation is 1. The van der Waals surface area contributed by atoms with Gasteiger partial charge in [-0.2, -0.15) is 0 Å². The van der Waals surface area contributed by atoms with Crippen LogP contribution in [0.2, 0.25) is 0 Å². The van der Waals surface area contributed by atoms with Gasteiger partial charge in [0.05, 0.1) is 0 Å². The molecular formula is C10H14N2O2. The molecule has 0 aliphatic rings. The molecule has 0 bridgehead atoms. The van der Waals surface area contributed by atoms with Crippen LogP contribution in [0.3, 0.4) is 0 Å². The van der Waals surface area contributed by atoms with E-state index in [2.05, 4.69) is 10.3 Å². The number of nitrogens with zero attached hydrogens (tertiary/aromatic N) is 1. The first-order chi connectivity index (χ1) is 6.74. The minimum Gasteiger partial charge on any atom is -0.480 e. The van der Waals surface area contributed by atoms with Gasteiger partial charge in [-0.25, -0.2) is 0 Å². The molecule has 0 aromatic carbocycles. The lowest BCUT2D eigenvalue weighted by molar-refractivity contribution is -0.139. The Morgan fingerprint density at radius 3 is 3.00 bits per heavy atom. The maximum absolute atomic E-state index is 10.7. The first-order valence-corrected chi connectivity index (χ1v) is 4.53. The minimum atomic E-state index is -0.809. The van der Waals surface area contributed by atoms with Gasteiger partial charge in [0.2, 0.25) is 0 Å². The van der Waals surface area contributed by atoms with E-state index in [4.69, 9.17) is 5.11 Å². The van der Waals surface area contributed by atoms with Gasteiger partial charge in [0, 0.05) is 12.4 Å². The molecule has 1 heterocycles. The van der Waals surface area contributed by atoms with E-state index in [0.29, 0.717) is 6.42 Å². The number of aromatic nitrogens is 1. The van der Waals surface area contributed by atoms with Gasteiger partial charge in [-0.1, -0.05) is 6.07 Å². The van der Waals surface area contributed by atoms with Crippen LogP contribution in [0.1, 0.15) is 12.0 Å². The van der Waals surface area contributed by atoms with Gasteiger partial charge in [0.25, 0.3) is 0 Å². The number of carbonyl (C=O) groups is 1. The van der Waals surface area contributed by atoms with Gasteiger partial charge >= 0.3 is 5.97 Å². The van der Waals surface area contributed by atoms with Crippen molar-refractivity contribution < 1.29 is 9.90 Å². The van der Waals surface area contributed by atoms with Crippen LogP contribution >= 0.6 is 0 Å². The van der Waals surface area contributed by atoms with Crippen molar-refractivity contribution in [1.82, 2.24) is 10.3 Å². The van der Waals surface area contributed by atoms with Crippen molar-refractivity contribution in [2.45, 2.75) is 18.9 Å². The molecule has 0 radical (unpaired) electrons. The molecule has 4 heteroatoms. The predicted molar refractivity (Wildman–Crippen MR) is 53.0 cm³/mol. The number of nitrogens with one attached hydrogen (secondary N) is 1. The third-order valence-electron chi connectivity index (χ3n) is 2.09. The lowest BCUT2D eigenvalue weighted by Crippen LogP contribution is -2.34. The zero-order chi connectivity index (χ0) is 10.4. The van der Waals surface area contributed by atoms with Crippen LogP contribution < -0.4 is 5.32 Å². The molecule has 1 rings (SSSR count). The topological polar surface area (TPSA) is 62.2 Å². The van der Waals surface area contributed by atoms with Gasteiger partial charge in [-0.15, -0.1) is 0 Å². The number of likely N-dealkylation sites (N-methyl/N-ethyl adjacent to an activating group) is 1. The van der Waals surface area contributed by atoms with Crippen LogP contribution in [-0.2, 0) is 11.2 Å². The molecule has 1 aromatic rings. The van der Waals surface area contributed by atoms with Crippen molar-refractivity contribution in [2.24, 2.45) is 0 Å². The van der Waals surface area contributed by atoms with E-state index in [0.717, 1.165) is 12.0 Å². The predicted octanol–water partition coefficient (Wildman–Crippen LogP) is 0.687. The molecule has 2 N–H and O–H groups in total.